The predicted molar refractivity (Wildman–Crippen MR) is 96.5 cm³/mol. The third kappa shape index (κ3) is 4.89. The number of allylic oxidation sites excluding steroid dienone is 1. The minimum Gasteiger partial charge on any atom is -0.394 e. The molecular weight excluding hydrogens is 356 g/mol. The molecule has 158 valence electrons. The quantitative estimate of drug-likeness (QED) is 0.334. The van der Waals surface area contributed by atoms with Gasteiger partial charge in [-0.2, -0.15) is 0 Å². The maximum atomic E-state index is 10.7. The van der Waals surface area contributed by atoms with Gasteiger partial charge in [0.25, 0.3) is 0 Å². The van der Waals surface area contributed by atoms with E-state index in [0.717, 1.165) is 0 Å². The SMILES string of the molecule is C[C@@H]1[C@H](O)[C@@H](O[C@@H]2O[C@H](CO)[C@@H](O)[C@H](O)[C@H]2O)CC(C)(C)[C@H]1/C=C/[C@@H](C)O. The maximum absolute atomic E-state index is 10.7. The largest absolute Gasteiger partial charge is 0.394 e. The summed E-state index contributed by atoms with van der Waals surface area (Å²) in [6.45, 7) is 7.10. The summed E-state index contributed by atoms with van der Waals surface area (Å²) in [5.41, 5.74) is -0.261. The summed E-state index contributed by atoms with van der Waals surface area (Å²) < 4.78 is 11.2. The first kappa shape index (κ1) is 22.7. The zero-order valence-corrected chi connectivity index (χ0v) is 16.3. The Kier molecular flexibility index (Phi) is 7.43. The van der Waals surface area contributed by atoms with Gasteiger partial charge in [0.15, 0.2) is 6.29 Å². The van der Waals surface area contributed by atoms with Crippen molar-refractivity contribution in [1.29, 1.82) is 0 Å². The van der Waals surface area contributed by atoms with E-state index in [9.17, 15) is 30.6 Å². The van der Waals surface area contributed by atoms with Crippen LogP contribution in [0.4, 0.5) is 0 Å². The minimum absolute atomic E-state index is 0.0109. The van der Waals surface area contributed by atoms with Crippen LogP contribution in [0.25, 0.3) is 0 Å². The Morgan fingerprint density at radius 1 is 1.11 bits per heavy atom. The third-order valence-electron chi connectivity index (χ3n) is 5.87. The van der Waals surface area contributed by atoms with Crippen LogP contribution in [0.3, 0.4) is 0 Å². The van der Waals surface area contributed by atoms with E-state index in [2.05, 4.69) is 0 Å². The lowest BCUT2D eigenvalue weighted by Crippen LogP contribution is -2.61. The molecule has 10 atom stereocenters. The summed E-state index contributed by atoms with van der Waals surface area (Å²) in [6, 6.07) is 0. The minimum atomic E-state index is -1.52. The van der Waals surface area contributed by atoms with Gasteiger partial charge in [0.2, 0.25) is 0 Å². The second kappa shape index (κ2) is 8.84. The van der Waals surface area contributed by atoms with Crippen molar-refractivity contribution in [2.24, 2.45) is 17.3 Å². The molecule has 1 saturated carbocycles. The highest BCUT2D eigenvalue weighted by Crippen LogP contribution is 2.46. The lowest BCUT2D eigenvalue weighted by atomic mass is 9.62. The summed E-state index contributed by atoms with van der Waals surface area (Å²) in [6.07, 6.45) is -4.80. The molecule has 1 aliphatic carbocycles. The second-order valence-corrected chi connectivity index (χ2v) is 8.57. The monoisotopic (exact) mass is 390 g/mol. The Hall–Kier alpha value is -0.580. The van der Waals surface area contributed by atoms with Crippen LogP contribution in [0.1, 0.15) is 34.1 Å². The number of hydrogen-bond donors (Lipinski definition) is 6. The average Bonchev–Trinajstić information content (AvgIpc) is 2.59. The van der Waals surface area contributed by atoms with Crippen molar-refractivity contribution in [3.63, 3.8) is 0 Å². The fraction of sp³-hybridized carbons (Fsp3) is 0.895. The van der Waals surface area contributed by atoms with E-state index in [-0.39, 0.29) is 17.3 Å². The van der Waals surface area contributed by atoms with Gasteiger partial charge in [0, 0.05) is 0 Å². The van der Waals surface area contributed by atoms with E-state index in [1.807, 2.05) is 26.8 Å². The summed E-state index contributed by atoms with van der Waals surface area (Å²) >= 11 is 0. The fourth-order valence-corrected chi connectivity index (χ4v) is 4.23. The van der Waals surface area contributed by atoms with E-state index in [1.165, 1.54) is 0 Å². The zero-order chi connectivity index (χ0) is 20.5. The van der Waals surface area contributed by atoms with Gasteiger partial charge < -0.3 is 40.1 Å². The Morgan fingerprint density at radius 3 is 2.30 bits per heavy atom. The van der Waals surface area contributed by atoms with Gasteiger partial charge in [0.05, 0.1) is 24.9 Å². The summed E-state index contributed by atoms with van der Waals surface area (Å²) in [4.78, 5) is 0. The van der Waals surface area contributed by atoms with Crippen molar-refractivity contribution in [3.8, 4) is 0 Å². The lowest BCUT2D eigenvalue weighted by Gasteiger charge is -2.49. The van der Waals surface area contributed by atoms with Crippen molar-refractivity contribution in [2.75, 3.05) is 6.61 Å². The van der Waals surface area contributed by atoms with Crippen LogP contribution >= 0.6 is 0 Å². The van der Waals surface area contributed by atoms with E-state index in [1.54, 1.807) is 13.0 Å². The van der Waals surface area contributed by atoms with Crippen LogP contribution in [-0.4, -0.2) is 86.3 Å². The van der Waals surface area contributed by atoms with E-state index >= 15 is 0 Å². The maximum Gasteiger partial charge on any atom is 0.187 e. The van der Waals surface area contributed by atoms with Gasteiger partial charge in [0.1, 0.15) is 24.4 Å². The molecule has 2 aliphatic rings. The van der Waals surface area contributed by atoms with Crippen LogP contribution in [-0.2, 0) is 9.47 Å². The van der Waals surface area contributed by atoms with Gasteiger partial charge in [-0.05, 0) is 30.6 Å². The fourth-order valence-electron chi connectivity index (χ4n) is 4.23. The molecule has 0 radical (unpaired) electrons. The van der Waals surface area contributed by atoms with Crippen LogP contribution < -0.4 is 0 Å². The van der Waals surface area contributed by atoms with Crippen molar-refractivity contribution in [2.45, 2.75) is 83.1 Å². The number of aliphatic hydroxyl groups is 6. The molecule has 0 bridgehead atoms. The highest BCUT2D eigenvalue weighted by Gasteiger charge is 2.50. The Bertz CT molecular complexity index is 506. The number of aliphatic hydroxyl groups excluding tert-OH is 6. The smallest absolute Gasteiger partial charge is 0.187 e. The molecule has 27 heavy (non-hydrogen) atoms. The molecule has 0 unspecified atom stereocenters. The van der Waals surface area contributed by atoms with Crippen LogP contribution in [0, 0.1) is 17.3 Å². The molecule has 2 fully saturated rings. The standard InChI is InChI=1S/C19H34O8/c1-9(21)5-6-11-10(2)14(22)12(7-19(11,3)4)26-18-17(25)16(24)15(23)13(8-20)27-18/h5-6,9-18,20-25H,7-8H2,1-4H3/b6-5+/t9-,10+,11+,12+,13-,14+,15-,16+,17-,18-/m1/s1. The zero-order valence-electron chi connectivity index (χ0n) is 16.3. The first-order chi connectivity index (χ1) is 12.5. The summed E-state index contributed by atoms with van der Waals surface area (Å²) in [7, 11) is 0. The molecule has 0 aromatic rings. The van der Waals surface area contributed by atoms with E-state index < -0.39 is 55.6 Å². The molecule has 1 aliphatic heterocycles. The van der Waals surface area contributed by atoms with Gasteiger partial charge in [-0.3, -0.25) is 0 Å². The Labute approximate surface area is 160 Å². The lowest BCUT2D eigenvalue weighted by molar-refractivity contribution is -0.324. The molecule has 8 heteroatoms. The van der Waals surface area contributed by atoms with E-state index in [0.29, 0.717) is 6.42 Å². The highest BCUT2D eigenvalue weighted by molar-refractivity contribution is 5.06. The number of rotatable bonds is 5. The Balaban J connectivity index is 2.13. The van der Waals surface area contributed by atoms with Crippen molar-refractivity contribution < 1.29 is 40.1 Å². The summed E-state index contributed by atoms with van der Waals surface area (Å²) in [5, 5.41) is 59.5. The molecule has 0 spiro atoms. The molecule has 1 saturated heterocycles. The Morgan fingerprint density at radius 2 is 1.74 bits per heavy atom. The van der Waals surface area contributed by atoms with Gasteiger partial charge in [-0.15, -0.1) is 0 Å². The van der Waals surface area contributed by atoms with Crippen LogP contribution in [0.2, 0.25) is 0 Å². The molecule has 1 heterocycles. The van der Waals surface area contributed by atoms with Crippen molar-refractivity contribution >= 4 is 0 Å². The van der Waals surface area contributed by atoms with Crippen molar-refractivity contribution in [1.82, 2.24) is 0 Å². The molecule has 8 nitrogen and oxygen atoms in total. The first-order valence-electron chi connectivity index (χ1n) is 9.50. The normalized spacial score (nSPS) is 46.5. The van der Waals surface area contributed by atoms with Gasteiger partial charge >= 0.3 is 0 Å². The van der Waals surface area contributed by atoms with Crippen LogP contribution in [0.5, 0.6) is 0 Å². The number of ether oxygens (including phenoxy) is 2. The average molecular weight is 390 g/mol. The van der Waals surface area contributed by atoms with Crippen molar-refractivity contribution in [3.05, 3.63) is 12.2 Å². The molecular formula is C19H34O8. The van der Waals surface area contributed by atoms with Crippen LogP contribution in [0.15, 0.2) is 12.2 Å². The molecule has 6 N–H and O–H groups in total. The molecule has 2 rings (SSSR count). The highest BCUT2D eigenvalue weighted by atomic mass is 16.7. The topological polar surface area (TPSA) is 140 Å². The second-order valence-electron chi connectivity index (χ2n) is 8.57. The molecule has 0 aromatic carbocycles. The van der Waals surface area contributed by atoms with E-state index in [4.69, 9.17) is 9.47 Å². The summed E-state index contributed by atoms with van der Waals surface area (Å²) in [5.74, 6) is -0.171. The molecule has 0 amide bonds. The molecule has 0 aromatic heterocycles. The van der Waals surface area contributed by atoms with Gasteiger partial charge in [-0.25, -0.2) is 0 Å². The number of hydrogen-bond acceptors (Lipinski definition) is 8. The predicted octanol–water partition coefficient (Wildman–Crippen LogP) is -0.848. The first-order valence-corrected chi connectivity index (χ1v) is 9.50. The van der Waals surface area contributed by atoms with Gasteiger partial charge in [-0.1, -0.05) is 32.9 Å². The third-order valence-corrected chi connectivity index (χ3v) is 5.87.